The second-order valence-electron chi connectivity index (χ2n) is 8.57. The number of hydrogen-bond donors (Lipinski definition) is 0. The molecule has 39 heavy (non-hydrogen) atoms. The average Bonchev–Trinajstić information content (AvgIpc) is 3.52. The number of ether oxygens (including phenoxy) is 2. The molecule has 0 amide bonds. The van der Waals surface area contributed by atoms with Crippen LogP contribution in [0.1, 0.15) is 24.3 Å². The first kappa shape index (κ1) is 26.7. The molecule has 5 rings (SSSR count). The maximum atomic E-state index is 13.8. The maximum Gasteiger partial charge on any atom is 0.338 e. The SMILES string of the molecule is C=CCOC(=O)C1=C(C)N=c2s/c(=C/c3ccc(-c4cc(Cl)ccc4Cl)o3)c(=O)n2[C@@H]1c1ccc(OC)cc1. The number of nitrogens with zero attached hydrogens (tertiary/aromatic N) is 2. The van der Waals surface area contributed by atoms with Gasteiger partial charge in [0.2, 0.25) is 0 Å². The van der Waals surface area contributed by atoms with Crippen LogP contribution in [-0.4, -0.2) is 24.3 Å². The predicted molar refractivity (Wildman–Crippen MR) is 152 cm³/mol. The quantitative estimate of drug-likeness (QED) is 0.212. The molecule has 198 valence electrons. The van der Waals surface area contributed by atoms with Crippen LogP contribution in [0.25, 0.3) is 17.4 Å². The number of carbonyl (C=O) groups is 1. The normalized spacial score (nSPS) is 15.1. The zero-order valence-electron chi connectivity index (χ0n) is 20.9. The number of halogens is 2. The summed E-state index contributed by atoms with van der Waals surface area (Å²) in [7, 11) is 1.57. The number of aromatic nitrogens is 1. The Morgan fingerprint density at radius 2 is 1.95 bits per heavy atom. The van der Waals surface area contributed by atoms with Crippen LogP contribution in [0.5, 0.6) is 5.75 Å². The molecule has 10 heteroatoms. The molecule has 0 saturated carbocycles. The Kier molecular flexibility index (Phi) is 7.61. The molecule has 0 bridgehead atoms. The number of allylic oxidation sites excluding steroid dienone is 1. The highest BCUT2D eigenvalue weighted by Gasteiger charge is 2.33. The molecule has 0 saturated heterocycles. The summed E-state index contributed by atoms with van der Waals surface area (Å²) < 4.78 is 18.5. The summed E-state index contributed by atoms with van der Waals surface area (Å²) in [4.78, 5) is 31.9. The molecule has 3 heterocycles. The van der Waals surface area contributed by atoms with Gasteiger partial charge in [-0.1, -0.05) is 59.3 Å². The van der Waals surface area contributed by atoms with Crippen molar-refractivity contribution < 1.29 is 18.7 Å². The zero-order chi connectivity index (χ0) is 27.7. The van der Waals surface area contributed by atoms with Crippen LogP contribution in [0, 0.1) is 0 Å². The molecule has 0 fully saturated rings. The molecule has 2 aromatic carbocycles. The average molecular weight is 581 g/mol. The van der Waals surface area contributed by atoms with Gasteiger partial charge in [-0.05, 0) is 55.0 Å². The fourth-order valence-electron chi connectivity index (χ4n) is 4.29. The van der Waals surface area contributed by atoms with E-state index in [9.17, 15) is 9.59 Å². The van der Waals surface area contributed by atoms with Crippen molar-refractivity contribution in [2.45, 2.75) is 13.0 Å². The van der Waals surface area contributed by atoms with Crippen LogP contribution in [0.3, 0.4) is 0 Å². The molecule has 0 radical (unpaired) electrons. The van der Waals surface area contributed by atoms with Crippen LogP contribution < -0.4 is 19.6 Å². The molecule has 0 N–H and O–H groups in total. The van der Waals surface area contributed by atoms with Gasteiger partial charge < -0.3 is 13.9 Å². The van der Waals surface area contributed by atoms with Crippen molar-refractivity contribution in [3.8, 4) is 17.1 Å². The van der Waals surface area contributed by atoms with E-state index in [1.165, 1.54) is 22.0 Å². The van der Waals surface area contributed by atoms with Crippen LogP contribution in [-0.2, 0) is 9.53 Å². The molecule has 7 nitrogen and oxygen atoms in total. The third-order valence-electron chi connectivity index (χ3n) is 6.10. The summed E-state index contributed by atoms with van der Waals surface area (Å²) in [6.07, 6.45) is 3.13. The lowest BCUT2D eigenvalue weighted by Crippen LogP contribution is -2.39. The van der Waals surface area contributed by atoms with Crippen molar-refractivity contribution >= 4 is 46.6 Å². The van der Waals surface area contributed by atoms with Gasteiger partial charge in [0.15, 0.2) is 4.80 Å². The number of hydrogen-bond acceptors (Lipinski definition) is 7. The van der Waals surface area contributed by atoms with Crippen LogP contribution in [0.2, 0.25) is 10.0 Å². The molecule has 1 aliphatic heterocycles. The zero-order valence-corrected chi connectivity index (χ0v) is 23.3. The van der Waals surface area contributed by atoms with E-state index in [0.717, 1.165) is 0 Å². The standard InChI is InChI=1S/C29H22Cl2N2O5S/c1-4-13-37-28(35)25-16(2)32-29-33(26(25)17-5-8-19(36-3)9-6-17)27(34)24(39-29)15-20-10-12-23(38-20)21-14-18(30)7-11-22(21)31/h4-12,14-15,26H,1,13H2,2-3H3/b24-15+/t26-/m1/s1. The minimum atomic E-state index is -0.746. The van der Waals surface area contributed by atoms with Gasteiger partial charge in [-0.2, -0.15) is 0 Å². The van der Waals surface area contributed by atoms with Gasteiger partial charge >= 0.3 is 5.97 Å². The van der Waals surface area contributed by atoms with Crippen LogP contribution in [0.4, 0.5) is 0 Å². The number of thiazole rings is 1. The van der Waals surface area contributed by atoms with E-state index in [0.29, 0.717) is 53.5 Å². The lowest BCUT2D eigenvalue weighted by atomic mass is 9.96. The van der Waals surface area contributed by atoms with Crippen molar-refractivity contribution in [1.82, 2.24) is 4.57 Å². The van der Waals surface area contributed by atoms with E-state index >= 15 is 0 Å². The Bertz CT molecular complexity index is 1800. The Hall–Kier alpha value is -3.85. The number of esters is 1. The van der Waals surface area contributed by atoms with Crippen molar-refractivity contribution in [3.63, 3.8) is 0 Å². The molecule has 2 aromatic heterocycles. The van der Waals surface area contributed by atoms with E-state index in [2.05, 4.69) is 11.6 Å². The minimum absolute atomic E-state index is 0.0346. The fourth-order valence-corrected chi connectivity index (χ4v) is 5.70. The Labute approximate surface area is 237 Å². The third kappa shape index (κ3) is 5.23. The first-order chi connectivity index (χ1) is 18.8. The van der Waals surface area contributed by atoms with Gasteiger partial charge in [-0.15, -0.1) is 0 Å². The molecule has 4 aromatic rings. The molecular weight excluding hydrogens is 559 g/mol. The monoisotopic (exact) mass is 580 g/mol. The number of fused-ring (bicyclic) bond motifs is 1. The van der Waals surface area contributed by atoms with Crippen molar-refractivity contribution in [1.29, 1.82) is 0 Å². The van der Waals surface area contributed by atoms with Gasteiger partial charge in [-0.3, -0.25) is 9.36 Å². The summed E-state index contributed by atoms with van der Waals surface area (Å²) in [5.74, 6) is 1.05. The van der Waals surface area contributed by atoms with Gasteiger partial charge in [-0.25, -0.2) is 9.79 Å². The highest BCUT2D eigenvalue weighted by molar-refractivity contribution is 7.07. The number of furan rings is 1. The highest BCUT2D eigenvalue weighted by Crippen LogP contribution is 2.33. The first-order valence-corrected chi connectivity index (χ1v) is 13.4. The van der Waals surface area contributed by atoms with E-state index in [4.69, 9.17) is 37.1 Å². The predicted octanol–water partition coefficient (Wildman–Crippen LogP) is 5.54. The van der Waals surface area contributed by atoms with Gasteiger partial charge in [0.1, 0.15) is 23.9 Å². The lowest BCUT2D eigenvalue weighted by molar-refractivity contribution is -0.138. The first-order valence-electron chi connectivity index (χ1n) is 11.8. The second kappa shape index (κ2) is 11.1. The molecule has 1 aliphatic rings. The molecule has 0 spiro atoms. The summed E-state index contributed by atoms with van der Waals surface area (Å²) in [6, 6.07) is 15.0. The van der Waals surface area contributed by atoms with Crippen molar-refractivity contribution in [2.75, 3.05) is 13.7 Å². The minimum Gasteiger partial charge on any atom is -0.497 e. The molecule has 0 aliphatic carbocycles. The summed E-state index contributed by atoms with van der Waals surface area (Å²) >= 11 is 13.7. The van der Waals surface area contributed by atoms with E-state index < -0.39 is 12.0 Å². The highest BCUT2D eigenvalue weighted by atomic mass is 35.5. The maximum absolute atomic E-state index is 13.8. The fraction of sp³-hybridized carbons (Fsp3) is 0.138. The summed E-state index contributed by atoms with van der Waals surface area (Å²) in [6.45, 7) is 5.37. The number of rotatable bonds is 7. The number of benzene rings is 2. The Morgan fingerprint density at radius 3 is 2.67 bits per heavy atom. The summed E-state index contributed by atoms with van der Waals surface area (Å²) in [5.41, 5.74) is 1.77. The van der Waals surface area contributed by atoms with Gasteiger partial charge in [0.05, 0.1) is 34.0 Å². The van der Waals surface area contributed by atoms with Crippen LogP contribution >= 0.6 is 34.5 Å². The smallest absolute Gasteiger partial charge is 0.338 e. The topological polar surface area (TPSA) is 83.0 Å². The second-order valence-corrected chi connectivity index (χ2v) is 10.4. The molecular formula is C29H22Cl2N2O5S. The van der Waals surface area contributed by atoms with Gasteiger partial charge in [0.25, 0.3) is 5.56 Å². The Balaban J connectivity index is 1.63. The lowest BCUT2D eigenvalue weighted by Gasteiger charge is -2.24. The van der Waals surface area contributed by atoms with Crippen LogP contribution in [0.15, 0.2) is 92.7 Å². The third-order valence-corrected chi connectivity index (χ3v) is 7.65. The molecule has 1 atom stereocenters. The number of carbonyl (C=O) groups excluding carboxylic acids is 1. The summed E-state index contributed by atoms with van der Waals surface area (Å²) in [5, 5.41) is 1.02. The largest absolute Gasteiger partial charge is 0.497 e. The molecule has 0 unspecified atom stereocenters. The van der Waals surface area contributed by atoms with Crippen molar-refractivity contribution in [2.24, 2.45) is 4.99 Å². The Morgan fingerprint density at radius 1 is 1.18 bits per heavy atom. The van der Waals surface area contributed by atoms with Crippen molar-refractivity contribution in [3.05, 3.63) is 120 Å². The van der Waals surface area contributed by atoms with E-state index in [-0.39, 0.29) is 17.7 Å². The van der Waals surface area contributed by atoms with E-state index in [1.54, 1.807) is 62.6 Å². The number of methoxy groups -OCH3 is 1. The van der Waals surface area contributed by atoms with E-state index in [1.807, 2.05) is 12.1 Å². The van der Waals surface area contributed by atoms with Gasteiger partial charge in [0, 0.05) is 16.7 Å².